The lowest BCUT2D eigenvalue weighted by Gasteiger charge is -2.14. The van der Waals surface area contributed by atoms with Crippen molar-refractivity contribution in [2.45, 2.75) is 19.0 Å². The lowest BCUT2D eigenvalue weighted by atomic mass is 10.0. The van der Waals surface area contributed by atoms with Crippen LogP contribution in [0.2, 0.25) is 0 Å². The van der Waals surface area contributed by atoms with Gasteiger partial charge in [-0.3, -0.25) is 9.20 Å². The van der Waals surface area contributed by atoms with E-state index in [9.17, 15) is 35.5 Å². The highest BCUT2D eigenvalue weighted by atomic mass is 19.4. The Kier molecular flexibility index (Phi) is 5.24. The summed E-state index contributed by atoms with van der Waals surface area (Å²) in [6.07, 6.45) is -8.48. The molecule has 0 aliphatic carbocycles. The Hall–Kier alpha value is -3.11. The summed E-state index contributed by atoms with van der Waals surface area (Å²) >= 11 is 0. The molecule has 0 atom stereocenters. The van der Waals surface area contributed by atoms with Crippen LogP contribution < -0.4 is 10.3 Å². The van der Waals surface area contributed by atoms with Crippen molar-refractivity contribution in [3.8, 4) is 16.9 Å². The Morgan fingerprint density at radius 1 is 1.00 bits per heavy atom. The lowest BCUT2D eigenvalue weighted by molar-refractivity contribution is -0.153. The molecule has 2 heterocycles. The third-order valence-electron chi connectivity index (χ3n) is 3.86. The zero-order valence-corrected chi connectivity index (χ0v) is 14.3. The predicted octanol–water partition coefficient (Wildman–Crippen LogP) is 4.79. The first-order chi connectivity index (χ1) is 13.5. The number of hydrogen-bond acceptors (Lipinski definition) is 3. The van der Waals surface area contributed by atoms with Crippen molar-refractivity contribution in [2.75, 3.05) is 6.61 Å². The maximum Gasteiger partial charge on any atom is 0.434 e. The summed E-state index contributed by atoms with van der Waals surface area (Å²) in [5, 5.41) is 0. The van der Waals surface area contributed by atoms with E-state index in [4.69, 9.17) is 0 Å². The molecule has 0 saturated heterocycles. The number of nitrogens with zero attached hydrogens (tertiary/aromatic N) is 2. The minimum absolute atomic E-state index is 0.0453. The molecule has 0 N–H and O–H groups in total. The number of fused-ring (bicyclic) bond motifs is 1. The summed E-state index contributed by atoms with van der Waals surface area (Å²) in [7, 11) is 0. The summed E-state index contributed by atoms with van der Waals surface area (Å²) in [6, 6.07) is 6.34. The van der Waals surface area contributed by atoms with E-state index in [2.05, 4.69) is 9.72 Å². The second kappa shape index (κ2) is 7.37. The first-order valence-corrected chi connectivity index (χ1v) is 7.98. The maximum atomic E-state index is 13.5. The molecule has 0 radical (unpaired) electrons. The minimum Gasteiger partial charge on any atom is -0.484 e. The molecule has 0 amide bonds. The van der Waals surface area contributed by atoms with Crippen LogP contribution in [0.3, 0.4) is 0 Å². The molecule has 2 aromatic heterocycles. The standard InChI is InChI=1S/C18H11F7N2O2/c19-8-10-5-6-27-13(7-10)26-15(18(23,24)25)14(16(27)28)11-1-3-12(4-2-11)29-9-17(20,21)22/h1-7H,8-9H2. The van der Waals surface area contributed by atoms with E-state index < -0.39 is 42.5 Å². The summed E-state index contributed by atoms with van der Waals surface area (Å²) in [4.78, 5) is 16.2. The van der Waals surface area contributed by atoms with E-state index in [1.54, 1.807) is 0 Å². The number of pyridine rings is 1. The Balaban J connectivity index is 2.13. The van der Waals surface area contributed by atoms with E-state index in [0.717, 1.165) is 40.9 Å². The molecule has 3 rings (SSSR count). The third kappa shape index (κ3) is 4.49. The predicted molar refractivity (Wildman–Crippen MR) is 88.3 cm³/mol. The molecule has 1 aromatic carbocycles. The summed E-state index contributed by atoms with van der Waals surface area (Å²) in [5.74, 6) is -0.235. The molecule has 0 aliphatic rings. The van der Waals surface area contributed by atoms with Crippen molar-refractivity contribution < 1.29 is 35.5 Å². The highest BCUT2D eigenvalue weighted by molar-refractivity contribution is 5.68. The van der Waals surface area contributed by atoms with Gasteiger partial charge in [-0.1, -0.05) is 12.1 Å². The zero-order valence-electron chi connectivity index (χ0n) is 14.3. The van der Waals surface area contributed by atoms with Crippen molar-refractivity contribution in [2.24, 2.45) is 0 Å². The van der Waals surface area contributed by atoms with Crippen LogP contribution >= 0.6 is 0 Å². The first-order valence-electron chi connectivity index (χ1n) is 7.98. The number of hydrogen-bond donors (Lipinski definition) is 0. The Morgan fingerprint density at radius 3 is 2.21 bits per heavy atom. The van der Waals surface area contributed by atoms with Gasteiger partial charge in [-0.25, -0.2) is 9.37 Å². The van der Waals surface area contributed by atoms with Crippen molar-refractivity contribution in [1.29, 1.82) is 0 Å². The SMILES string of the molecule is O=c1c(-c2ccc(OCC(F)(F)F)cc2)c(C(F)(F)F)nc2cc(CF)ccn12. The fraction of sp³-hybridized carbons (Fsp3) is 0.222. The van der Waals surface area contributed by atoms with Gasteiger partial charge in [-0.2, -0.15) is 26.3 Å². The Morgan fingerprint density at radius 2 is 1.66 bits per heavy atom. The third-order valence-corrected chi connectivity index (χ3v) is 3.86. The van der Waals surface area contributed by atoms with E-state index >= 15 is 0 Å². The van der Waals surface area contributed by atoms with Gasteiger partial charge < -0.3 is 4.74 Å². The van der Waals surface area contributed by atoms with Crippen LogP contribution in [0.25, 0.3) is 16.8 Å². The summed E-state index contributed by atoms with van der Waals surface area (Å²) in [6.45, 7) is -2.52. The molecular weight excluding hydrogens is 409 g/mol. The summed E-state index contributed by atoms with van der Waals surface area (Å²) in [5.41, 5.74) is -3.88. The van der Waals surface area contributed by atoms with Crippen LogP contribution in [0.5, 0.6) is 5.75 Å². The van der Waals surface area contributed by atoms with Gasteiger partial charge in [0.2, 0.25) is 0 Å². The smallest absolute Gasteiger partial charge is 0.434 e. The fourth-order valence-corrected chi connectivity index (χ4v) is 2.61. The molecule has 154 valence electrons. The van der Waals surface area contributed by atoms with E-state index in [0.29, 0.717) is 0 Å². The number of alkyl halides is 7. The van der Waals surface area contributed by atoms with Crippen molar-refractivity contribution >= 4 is 5.65 Å². The molecule has 0 spiro atoms. The summed E-state index contributed by atoms with van der Waals surface area (Å²) < 4.78 is 95.3. The quantitative estimate of drug-likeness (QED) is 0.570. The fourth-order valence-electron chi connectivity index (χ4n) is 2.61. The number of aromatic nitrogens is 2. The van der Waals surface area contributed by atoms with E-state index in [-0.39, 0.29) is 22.5 Å². The molecular formula is C18H11F7N2O2. The Labute approximate surface area is 158 Å². The molecule has 29 heavy (non-hydrogen) atoms. The lowest BCUT2D eigenvalue weighted by Crippen LogP contribution is -2.24. The molecule has 11 heteroatoms. The molecule has 0 saturated carbocycles. The second-order valence-electron chi connectivity index (χ2n) is 5.96. The van der Waals surface area contributed by atoms with Gasteiger partial charge in [-0.15, -0.1) is 0 Å². The van der Waals surface area contributed by atoms with Crippen LogP contribution in [0, 0.1) is 0 Å². The highest BCUT2D eigenvalue weighted by Gasteiger charge is 2.38. The Bertz CT molecular complexity index is 1090. The van der Waals surface area contributed by atoms with Crippen molar-refractivity contribution in [3.05, 3.63) is 64.2 Å². The molecule has 3 aromatic rings. The average Bonchev–Trinajstić information content (AvgIpc) is 2.65. The van der Waals surface area contributed by atoms with Crippen LogP contribution in [0.15, 0.2) is 47.4 Å². The first kappa shape index (κ1) is 20.6. The van der Waals surface area contributed by atoms with Crippen LogP contribution in [0.1, 0.15) is 11.3 Å². The number of halogens is 7. The number of ether oxygens (including phenoxy) is 1. The van der Waals surface area contributed by atoms with Gasteiger partial charge >= 0.3 is 12.4 Å². The monoisotopic (exact) mass is 420 g/mol. The van der Waals surface area contributed by atoms with Gasteiger partial charge in [0.1, 0.15) is 18.1 Å². The van der Waals surface area contributed by atoms with Crippen LogP contribution in [0.4, 0.5) is 30.7 Å². The van der Waals surface area contributed by atoms with E-state index in [1.165, 1.54) is 6.07 Å². The topological polar surface area (TPSA) is 43.6 Å². The molecule has 4 nitrogen and oxygen atoms in total. The molecule has 0 aliphatic heterocycles. The molecule has 0 bridgehead atoms. The normalized spacial score (nSPS) is 12.4. The van der Waals surface area contributed by atoms with Gasteiger partial charge in [0.05, 0.1) is 5.56 Å². The minimum atomic E-state index is -5.00. The molecule has 0 unspecified atom stereocenters. The largest absolute Gasteiger partial charge is 0.484 e. The maximum absolute atomic E-state index is 13.5. The van der Waals surface area contributed by atoms with Gasteiger partial charge in [-0.05, 0) is 35.4 Å². The second-order valence-corrected chi connectivity index (χ2v) is 5.96. The van der Waals surface area contributed by atoms with Gasteiger partial charge in [0.15, 0.2) is 12.3 Å². The highest BCUT2D eigenvalue weighted by Crippen LogP contribution is 2.35. The van der Waals surface area contributed by atoms with Gasteiger partial charge in [0.25, 0.3) is 5.56 Å². The number of rotatable bonds is 4. The zero-order chi connectivity index (χ0) is 21.4. The molecule has 0 fully saturated rings. The van der Waals surface area contributed by atoms with Gasteiger partial charge in [0, 0.05) is 6.20 Å². The van der Waals surface area contributed by atoms with Crippen LogP contribution in [-0.2, 0) is 12.9 Å². The average molecular weight is 420 g/mol. The number of benzene rings is 1. The van der Waals surface area contributed by atoms with E-state index in [1.807, 2.05) is 0 Å². The van der Waals surface area contributed by atoms with Crippen LogP contribution in [-0.4, -0.2) is 22.2 Å². The van der Waals surface area contributed by atoms with Crippen molar-refractivity contribution in [1.82, 2.24) is 9.38 Å². The van der Waals surface area contributed by atoms with Crippen molar-refractivity contribution in [3.63, 3.8) is 0 Å².